The highest BCUT2D eigenvalue weighted by atomic mass is 16.5. The predicted molar refractivity (Wildman–Crippen MR) is 73.5 cm³/mol. The second-order valence-electron chi connectivity index (χ2n) is 4.13. The number of hydrogen-bond acceptors (Lipinski definition) is 4. The minimum atomic E-state index is 0.577. The number of methoxy groups -OCH3 is 1. The predicted octanol–water partition coefficient (Wildman–Crippen LogP) is 1.69. The first-order valence-electron chi connectivity index (χ1n) is 6.24. The highest BCUT2D eigenvalue weighted by molar-refractivity contribution is 5.46. The molecule has 1 aromatic heterocycles. The number of para-hydroxylation sites is 1. The molecule has 102 valence electrons. The standard InChI is InChI=1S/C14H19N3O2/c1-15-10-12-4-3-5-13(18-2)14(12)19-9-8-17-7-6-16-11-17/h3-7,11,15H,8-10H2,1-2H3. The second kappa shape index (κ2) is 6.80. The third kappa shape index (κ3) is 3.48. The van der Waals surface area contributed by atoms with Crippen LogP contribution < -0.4 is 14.8 Å². The van der Waals surface area contributed by atoms with E-state index in [1.807, 2.05) is 36.0 Å². The second-order valence-corrected chi connectivity index (χ2v) is 4.13. The molecule has 2 aromatic rings. The molecule has 0 saturated carbocycles. The molecule has 1 aromatic carbocycles. The zero-order valence-corrected chi connectivity index (χ0v) is 11.3. The summed E-state index contributed by atoms with van der Waals surface area (Å²) < 4.78 is 13.2. The van der Waals surface area contributed by atoms with Gasteiger partial charge in [-0.25, -0.2) is 4.98 Å². The lowest BCUT2D eigenvalue weighted by Gasteiger charge is -2.15. The molecular weight excluding hydrogens is 242 g/mol. The summed E-state index contributed by atoms with van der Waals surface area (Å²) >= 11 is 0. The van der Waals surface area contributed by atoms with Crippen LogP contribution in [-0.2, 0) is 13.1 Å². The van der Waals surface area contributed by atoms with Crippen LogP contribution in [0.2, 0.25) is 0 Å². The molecule has 2 rings (SSSR count). The van der Waals surface area contributed by atoms with Crippen molar-refractivity contribution in [2.45, 2.75) is 13.1 Å². The smallest absolute Gasteiger partial charge is 0.165 e. The van der Waals surface area contributed by atoms with Gasteiger partial charge in [-0.3, -0.25) is 0 Å². The van der Waals surface area contributed by atoms with E-state index < -0.39 is 0 Å². The zero-order chi connectivity index (χ0) is 13.5. The third-order valence-electron chi connectivity index (χ3n) is 2.80. The lowest BCUT2D eigenvalue weighted by molar-refractivity contribution is 0.276. The molecule has 1 N–H and O–H groups in total. The van der Waals surface area contributed by atoms with Crippen molar-refractivity contribution >= 4 is 0 Å². The molecule has 0 amide bonds. The number of hydrogen-bond donors (Lipinski definition) is 1. The third-order valence-corrected chi connectivity index (χ3v) is 2.80. The number of nitrogens with one attached hydrogen (secondary N) is 1. The summed E-state index contributed by atoms with van der Waals surface area (Å²) in [5, 5.41) is 3.13. The van der Waals surface area contributed by atoms with E-state index in [4.69, 9.17) is 9.47 Å². The van der Waals surface area contributed by atoms with Crippen LogP contribution in [0, 0.1) is 0 Å². The molecule has 0 bridgehead atoms. The maximum absolute atomic E-state index is 5.87. The van der Waals surface area contributed by atoms with Gasteiger partial charge in [0.1, 0.15) is 6.61 Å². The van der Waals surface area contributed by atoms with Crippen LogP contribution in [0.5, 0.6) is 11.5 Å². The van der Waals surface area contributed by atoms with Gasteiger partial charge in [0, 0.05) is 24.5 Å². The topological polar surface area (TPSA) is 48.3 Å². The van der Waals surface area contributed by atoms with E-state index in [0.29, 0.717) is 6.61 Å². The van der Waals surface area contributed by atoms with Crippen molar-refractivity contribution in [3.8, 4) is 11.5 Å². The van der Waals surface area contributed by atoms with Crippen LogP contribution in [0.3, 0.4) is 0 Å². The van der Waals surface area contributed by atoms with Gasteiger partial charge in [-0.2, -0.15) is 0 Å². The summed E-state index contributed by atoms with van der Waals surface area (Å²) in [6.07, 6.45) is 5.45. The first-order chi connectivity index (χ1) is 9.35. The van der Waals surface area contributed by atoms with E-state index in [0.717, 1.165) is 30.2 Å². The Morgan fingerprint density at radius 1 is 1.37 bits per heavy atom. The number of nitrogens with zero attached hydrogens (tertiary/aromatic N) is 2. The van der Waals surface area contributed by atoms with E-state index in [1.54, 1.807) is 19.6 Å². The Morgan fingerprint density at radius 3 is 2.95 bits per heavy atom. The number of aromatic nitrogens is 2. The van der Waals surface area contributed by atoms with E-state index in [-0.39, 0.29) is 0 Å². The molecule has 0 spiro atoms. The van der Waals surface area contributed by atoms with Crippen LogP contribution in [0.4, 0.5) is 0 Å². The summed E-state index contributed by atoms with van der Waals surface area (Å²) in [6.45, 7) is 2.09. The normalized spacial score (nSPS) is 10.4. The van der Waals surface area contributed by atoms with Crippen molar-refractivity contribution in [3.05, 3.63) is 42.5 Å². The van der Waals surface area contributed by atoms with Crippen LogP contribution in [0.25, 0.3) is 0 Å². The van der Waals surface area contributed by atoms with Crippen molar-refractivity contribution in [3.63, 3.8) is 0 Å². The van der Waals surface area contributed by atoms with Crippen molar-refractivity contribution < 1.29 is 9.47 Å². The quantitative estimate of drug-likeness (QED) is 0.824. The number of ether oxygens (including phenoxy) is 2. The van der Waals surface area contributed by atoms with Crippen LogP contribution in [0.15, 0.2) is 36.9 Å². The van der Waals surface area contributed by atoms with Gasteiger partial charge in [-0.05, 0) is 13.1 Å². The molecule has 0 aliphatic carbocycles. The van der Waals surface area contributed by atoms with E-state index in [1.165, 1.54) is 0 Å². The molecule has 0 aliphatic rings. The van der Waals surface area contributed by atoms with Crippen molar-refractivity contribution in [2.24, 2.45) is 0 Å². The van der Waals surface area contributed by atoms with Crippen LogP contribution in [0.1, 0.15) is 5.56 Å². The molecule has 5 nitrogen and oxygen atoms in total. The Labute approximate surface area is 113 Å². The Morgan fingerprint density at radius 2 is 2.26 bits per heavy atom. The van der Waals surface area contributed by atoms with Crippen molar-refractivity contribution in [2.75, 3.05) is 20.8 Å². The Hall–Kier alpha value is -2.01. The fourth-order valence-corrected chi connectivity index (χ4v) is 1.89. The highest BCUT2D eigenvalue weighted by Gasteiger charge is 2.09. The lowest BCUT2D eigenvalue weighted by Crippen LogP contribution is -2.11. The van der Waals surface area contributed by atoms with Gasteiger partial charge in [0.2, 0.25) is 0 Å². The highest BCUT2D eigenvalue weighted by Crippen LogP contribution is 2.30. The SMILES string of the molecule is CNCc1cccc(OC)c1OCCn1ccnc1. The number of benzene rings is 1. The molecule has 0 unspecified atom stereocenters. The molecule has 1 heterocycles. The summed E-state index contributed by atoms with van der Waals surface area (Å²) in [4.78, 5) is 4.00. The van der Waals surface area contributed by atoms with Gasteiger partial charge in [0.15, 0.2) is 11.5 Å². The minimum Gasteiger partial charge on any atom is -0.493 e. The fraction of sp³-hybridized carbons (Fsp3) is 0.357. The first-order valence-corrected chi connectivity index (χ1v) is 6.24. The Bertz CT molecular complexity index is 497. The number of rotatable bonds is 7. The molecule has 19 heavy (non-hydrogen) atoms. The average molecular weight is 261 g/mol. The minimum absolute atomic E-state index is 0.577. The van der Waals surface area contributed by atoms with Crippen LogP contribution >= 0.6 is 0 Å². The number of imidazole rings is 1. The van der Waals surface area contributed by atoms with Gasteiger partial charge in [-0.1, -0.05) is 12.1 Å². The maximum atomic E-state index is 5.87. The maximum Gasteiger partial charge on any atom is 0.165 e. The molecule has 0 fully saturated rings. The summed E-state index contributed by atoms with van der Waals surface area (Å²) in [5.74, 6) is 1.57. The molecular formula is C14H19N3O2. The molecule has 0 atom stereocenters. The zero-order valence-electron chi connectivity index (χ0n) is 11.3. The fourth-order valence-electron chi connectivity index (χ4n) is 1.89. The van der Waals surface area contributed by atoms with Gasteiger partial charge in [-0.15, -0.1) is 0 Å². The van der Waals surface area contributed by atoms with Crippen molar-refractivity contribution in [1.82, 2.24) is 14.9 Å². The van der Waals surface area contributed by atoms with E-state index >= 15 is 0 Å². The Kier molecular flexibility index (Phi) is 4.80. The van der Waals surface area contributed by atoms with E-state index in [2.05, 4.69) is 10.3 Å². The molecule has 0 aliphatic heterocycles. The molecule has 0 saturated heterocycles. The lowest BCUT2D eigenvalue weighted by atomic mass is 10.2. The Balaban J connectivity index is 2.04. The van der Waals surface area contributed by atoms with Gasteiger partial charge < -0.3 is 19.4 Å². The first kappa shape index (κ1) is 13.4. The largest absolute Gasteiger partial charge is 0.493 e. The average Bonchev–Trinajstić information content (AvgIpc) is 2.93. The molecule has 5 heteroatoms. The van der Waals surface area contributed by atoms with Gasteiger partial charge >= 0.3 is 0 Å². The summed E-state index contributed by atoms with van der Waals surface area (Å²) in [7, 11) is 3.57. The van der Waals surface area contributed by atoms with Gasteiger partial charge in [0.05, 0.1) is 20.0 Å². The summed E-state index contributed by atoms with van der Waals surface area (Å²) in [5.41, 5.74) is 1.09. The van der Waals surface area contributed by atoms with Crippen LogP contribution in [-0.4, -0.2) is 30.3 Å². The summed E-state index contributed by atoms with van der Waals surface area (Å²) in [6, 6.07) is 5.91. The monoisotopic (exact) mass is 261 g/mol. The molecule has 0 radical (unpaired) electrons. The van der Waals surface area contributed by atoms with Gasteiger partial charge in [0.25, 0.3) is 0 Å². The van der Waals surface area contributed by atoms with E-state index in [9.17, 15) is 0 Å². The van der Waals surface area contributed by atoms with Crippen molar-refractivity contribution in [1.29, 1.82) is 0 Å².